The van der Waals surface area contributed by atoms with Gasteiger partial charge in [0.15, 0.2) is 0 Å². The predicted molar refractivity (Wildman–Crippen MR) is 189 cm³/mol. The van der Waals surface area contributed by atoms with Crippen LogP contribution in [0.5, 0.6) is 0 Å². The topological polar surface area (TPSA) is 209 Å². The highest BCUT2D eigenvalue weighted by atomic mass is 16.5. The highest BCUT2D eigenvalue weighted by Gasteiger charge is 2.42. The molecule has 0 aromatic rings. The molecule has 0 aromatic heterocycles. The maximum atomic E-state index is 14.2. The minimum Gasteiger partial charge on any atom is -0.460 e. The minimum atomic E-state index is -1.46. The number of hydrogen-bond donors (Lipinski definition) is 6. The molecule has 1 aliphatic heterocycles. The molecule has 5 rings (SSSR count). The summed E-state index contributed by atoms with van der Waals surface area (Å²) in [5, 5.41) is 21.0. The van der Waals surface area contributed by atoms with Gasteiger partial charge in [-0.05, 0) is 75.5 Å². The van der Waals surface area contributed by atoms with Gasteiger partial charge in [-0.15, -0.1) is 0 Å². The summed E-state index contributed by atoms with van der Waals surface area (Å²) in [6.45, 7) is 4.08. The first-order valence-corrected chi connectivity index (χ1v) is 19.4. The number of ether oxygens (including phenoxy) is 1. The van der Waals surface area contributed by atoms with Crippen LogP contribution in [-0.2, 0) is 33.5 Å². The van der Waals surface area contributed by atoms with Crippen LogP contribution in [0.4, 0.5) is 0 Å². The van der Waals surface area contributed by atoms with Crippen LogP contribution in [0, 0.1) is 29.6 Å². The molecule has 0 spiro atoms. The normalized spacial score (nSPS) is 34.9. The van der Waals surface area contributed by atoms with Crippen molar-refractivity contribution in [1.82, 2.24) is 26.2 Å². The summed E-state index contributed by atoms with van der Waals surface area (Å²) < 4.78 is 5.98. The average molecular weight is 719 g/mol. The van der Waals surface area contributed by atoms with Crippen molar-refractivity contribution in [1.29, 1.82) is 0 Å². The van der Waals surface area contributed by atoms with E-state index in [0.29, 0.717) is 43.9 Å². The fourth-order valence-corrected chi connectivity index (χ4v) is 8.79. The highest BCUT2D eigenvalue weighted by Crippen LogP contribution is 2.47. The monoisotopic (exact) mass is 718 g/mol. The van der Waals surface area contributed by atoms with E-state index in [9.17, 15) is 33.9 Å². The van der Waals surface area contributed by atoms with Gasteiger partial charge in [-0.3, -0.25) is 28.8 Å². The molecule has 5 fully saturated rings. The van der Waals surface area contributed by atoms with Crippen LogP contribution in [0.1, 0.15) is 111 Å². The first kappa shape index (κ1) is 40.5. The standard InChI is InChI=1S/C37H62N6O8/c1-5-10-28-34(47)42-32(25-11-8-6-7-9-12-25)36(49)40-27(19-38)33(46)41-31(22(3)44)35(48)39-20-30(45)51-29(21(2)37(50)43(28)4)18-26-17-23-13-15-24(26)16-14-23/h21-29,31-32,44H,5-20,38H2,1-4H3,(H,39,48)(H,40,49)(H,41,46)(H,42,47)/t21-,22+,23?,24?,26?,27+,28+,29-,31+,32+/m1/s1. The molecule has 14 nitrogen and oxygen atoms in total. The van der Waals surface area contributed by atoms with Crippen molar-refractivity contribution in [2.24, 2.45) is 35.3 Å². The summed E-state index contributed by atoms with van der Waals surface area (Å²) in [4.78, 5) is 83.6. The van der Waals surface area contributed by atoms with Crippen LogP contribution in [0.15, 0.2) is 0 Å². The quantitative estimate of drug-likeness (QED) is 0.165. The molecule has 0 aromatic carbocycles. The lowest BCUT2D eigenvalue weighted by Gasteiger charge is -2.44. The predicted octanol–water partition coefficient (Wildman–Crippen LogP) is 1.27. The van der Waals surface area contributed by atoms with Crippen LogP contribution in [0.25, 0.3) is 0 Å². The first-order valence-electron chi connectivity index (χ1n) is 19.4. The van der Waals surface area contributed by atoms with Gasteiger partial charge in [0.1, 0.15) is 36.8 Å². The number of rotatable bonds is 7. The molecule has 5 aliphatic rings. The zero-order valence-electron chi connectivity index (χ0n) is 31.0. The molecule has 2 bridgehead atoms. The molecule has 4 aliphatic carbocycles. The SMILES string of the molecule is CCC[C@H]1C(=O)N[C@@H](C2CCCCCC2)C(=O)N[C@@H](CN)C(=O)N[C@@H]([C@H](C)O)C(=O)NCC(=O)O[C@H](CC2CC3CCC2CC3)[C@@H](C)C(=O)N1C. The van der Waals surface area contributed by atoms with Crippen LogP contribution < -0.4 is 27.0 Å². The Labute approximate surface area is 302 Å². The third kappa shape index (κ3) is 10.6. The second-order valence-corrected chi connectivity index (χ2v) is 15.6. The molecule has 0 radical (unpaired) electrons. The number of nitrogens with one attached hydrogen (secondary N) is 4. The smallest absolute Gasteiger partial charge is 0.325 e. The van der Waals surface area contributed by atoms with E-state index in [0.717, 1.165) is 44.9 Å². The molecule has 288 valence electrons. The maximum Gasteiger partial charge on any atom is 0.325 e. The Morgan fingerprint density at radius 1 is 0.863 bits per heavy atom. The summed E-state index contributed by atoms with van der Waals surface area (Å²) in [5.41, 5.74) is 5.92. The van der Waals surface area contributed by atoms with Crippen molar-refractivity contribution < 1.29 is 38.6 Å². The molecule has 8 atom stereocenters. The van der Waals surface area contributed by atoms with Gasteiger partial charge in [-0.2, -0.15) is 0 Å². The molecule has 1 saturated heterocycles. The van der Waals surface area contributed by atoms with Crippen molar-refractivity contribution in [3.8, 4) is 0 Å². The summed E-state index contributed by atoms with van der Waals surface area (Å²) in [5.74, 6) is -3.41. The van der Waals surface area contributed by atoms with Crippen LogP contribution in [0.3, 0.4) is 0 Å². The van der Waals surface area contributed by atoms with E-state index < -0.39 is 78.4 Å². The van der Waals surface area contributed by atoms with Gasteiger partial charge in [0.05, 0.1) is 12.0 Å². The Hall–Kier alpha value is -3.26. The largest absolute Gasteiger partial charge is 0.460 e. The van der Waals surface area contributed by atoms with E-state index in [2.05, 4.69) is 21.3 Å². The average Bonchev–Trinajstić information content (AvgIpc) is 3.41. The molecule has 5 amide bonds. The third-order valence-electron chi connectivity index (χ3n) is 11.9. The number of likely N-dealkylation sites (N-methyl/N-ethyl adjacent to an activating group) is 1. The first-order chi connectivity index (χ1) is 24.3. The number of esters is 1. The summed E-state index contributed by atoms with van der Waals surface area (Å²) in [6.07, 6.45) is 10.1. The number of aliphatic hydroxyl groups excluding tert-OH is 1. The van der Waals surface area contributed by atoms with Crippen LogP contribution in [0.2, 0.25) is 0 Å². The summed E-state index contributed by atoms with van der Waals surface area (Å²) in [7, 11) is 1.58. The molecule has 1 heterocycles. The van der Waals surface area contributed by atoms with Crippen molar-refractivity contribution >= 4 is 35.5 Å². The van der Waals surface area contributed by atoms with E-state index in [-0.39, 0.29) is 24.3 Å². The van der Waals surface area contributed by atoms with E-state index in [1.807, 2.05) is 6.92 Å². The van der Waals surface area contributed by atoms with Crippen LogP contribution >= 0.6 is 0 Å². The zero-order chi connectivity index (χ0) is 37.2. The van der Waals surface area contributed by atoms with Gasteiger partial charge in [-0.1, -0.05) is 58.8 Å². The van der Waals surface area contributed by atoms with Crippen LogP contribution in [-0.4, -0.2) is 102 Å². The molecule has 1 unspecified atom stereocenters. The minimum absolute atomic E-state index is 0.208. The third-order valence-corrected chi connectivity index (χ3v) is 11.9. The second kappa shape index (κ2) is 19.0. The summed E-state index contributed by atoms with van der Waals surface area (Å²) in [6, 6.07) is -4.63. The fourth-order valence-electron chi connectivity index (χ4n) is 8.79. The Morgan fingerprint density at radius 2 is 1.53 bits per heavy atom. The molecule has 51 heavy (non-hydrogen) atoms. The number of hydrogen-bond acceptors (Lipinski definition) is 9. The lowest BCUT2D eigenvalue weighted by atomic mass is 9.63. The Kier molecular flexibility index (Phi) is 15.1. The fraction of sp³-hybridized carbons (Fsp3) is 0.838. The molecular formula is C37H62N6O8. The van der Waals surface area contributed by atoms with E-state index in [1.165, 1.54) is 24.7 Å². The molecular weight excluding hydrogens is 656 g/mol. The Morgan fingerprint density at radius 3 is 2.10 bits per heavy atom. The van der Waals surface area contributed by atoms with Gasteiger partial charge in [0, 0.05) is 13.6 Å². The van der Waals surface area contributed by atoms with E-state index in [1.54, 1.807) is 14.0 Å². The van der Waals surface area contributed by atoms with Gasteiger partial charge in [0.25, 0.3) is 0 Å². The van der Waals surface area contributed by atoms with E-state index >= 15 is 0 Å². The number of aliphatic hydroxyl groups is 1. The van der Waals surface area contributed by atoms with Gasteiger partial charge >= 0.3 is 5.97 Å². The van der Waals surface area contributed by atoms with Gasteiger partial charge < -0.3 is 41.7 Å². The highest BCUT2D eigenvalue weighted by molar-refractivity contribution is 5.96. The Bertz CT molecular complexity index is 1230. The Balaban J connectivity index is 1.68. The van der Waals surface area contributed by atoms with Crippen molar-refractivity contribution in [3.05, 3.63) is 0 Å². The van der Waals surface area contributed by atoms with Crippen molar-refractivity contribution in [2.75, 3.05) is 20.1 Å². The molecule has 7 N–H and O–H groups in total. The molecule has 4 saturated carbocycles. The number of fused-ring (bicyclic) bond motifs is 3. The zero-order valence-corrected chi connectivity index (χ0v) is 31.0. The summed E-state index contributed by atoms with van der Waals surface area (Å²) >= 11 is 0. The number of carbonyl (C=O) groups excluding carboxylic acids is 6. The number of carbonyl (C=O) groups is 6. The maximum absolute atomic E-state index is 14.2. The van der Waals surface area contributed by atoms with E-state index in [4.69, 9.17) is 10.5 Å². The number of nitrogens with two attached hydrogens (primary N) is 1. The lowest BCUT2D eigenvalue weighted by molar-refractivity contribution is -0.159. The number of nitrogens with zero attached hydrogens (tertiary/aromatic N) is 1. The van der Waals surface area contributed by atoms with Crippen molar-refractivity contribution in [3.63, 3.8) is 0 Å². The molecule has 14 heteroatoms. The van der Waals surface area contributed by atoms with Crippen molar-refractivity contribution in [2.45, 2.75) is 147 Å². The number of amides is 5. The lowest BCUT2D eigenvalue weighted by Crippen LogP contribution is -2.62. The van der Waals surface area contributed by atoms with Gasteiger partial charge in [-0.25, -0.2) is 0 Å². The number of cyclic esters (lactones) is 1. The second-order valence-electron chi connectivity index (χ2n) is 15.6. The van der Waals surface area contributed by atoms with Gasteiger partial charge in [0.2, 0.25) is 29.5 Å².